The van der Waals surface area contributed by atoms with E-state index in [1.165, 1.54) is 16.7 Å². The zero-order chi connectivity index (χ0) is 10.8. The number of rotatable bonds is 1. The molecule has 1 aliphatic rings. The molecular formula is C13H20N2. The summed E-state index contributed by atoms with van der Waals surface area (Å²) in [6.45, 7) is 6.34. The Bertz CT molecular complexity index is 326. The van der Waals surface area contributed by atoms with Crippen molar-refractivity contribution in [2.75, 3.05) is 13.1 Å². The largest absolute Gasteiger partial charge is 0.326 e. The van der Waals surface area contributed by atoms with Crippen molar-refractivity contribution in [1.82, 2.24) is 5.32 Å². The molecule has 15 heavy (non-hydrogen) atoms. The first-order valence-corrected chi connectivity index (χ1v) is 5.71. The Morgan fingerprint density at radius 1 is 1.20 bits per heavy atom. The van der Waals surface area contributed by atoms with E-state index in [9.17, 15) is 0 Å². The number of hydrogen-bond acceptors (Lipinski definition) is 2. The smallest absolute Gasteiger partial charge is 0.0235 e. The van der Waals surface area contributed by atoms with Gasteiger partial charge in [-0.15, -0.1) is 0 Å². The predicted molar refractivity (Wildman–Crippen MR) is 64.1 cm³/mol. The molecule has 1 saturated heterocycles. The summed E-state index contributed by atoms with van der Waals surface area (Å²) in [5.74, 6) is 0.532. The Kier molecular flexibility index (Phi) is 3.08. The minimum absolute atomic E-state index is 0.264. The van der Waals surface area contributed by atoms with E-state index < -0.39 is 0 Å². The number of aryl methyl sites for hydroxylation is 2. The van der Waals surface area contributed by atoms with Crippen LogP contribution >= 0.6 is 0 Å². The lowest BCUT2D eigenvalue weighted by molar-refractivity contribution is 0.403. The Labute approximate surface area is 91.9 Å². The Morgan fingerprint density at radius 2 is 1.87 bits per heavy atom. The molecule has 0 aliphatic carbocycles. The van der Waals surface area contributed by atoms with Crippen LogP contribution in [-0.2, 0) is 0 Å². The predicted octanol–water partition coefficient (Wildman–Crippen LogP) is 1.71. The van der Waals surface area contributed by atoms with Crippen LogP contribution in [0.1, 0.15) is 29.0 Å². The van der Waals surface area contributed by atoms with Crippen LogP contribution in [0.25, 0.3) is 0 Å². The fourth-order valence-corrected chi connectivity index (χ4v) is 2.52. The summed E-state index contributed by atoms with van der Waals surface area (Å²) in [7, 11) is 0. The summed E-state index contributed by atoms with van der Waals surface area (Å²) in [4.78, 5) is 0. The summed E-state index contributed by atoms with van der Waals surface area (Å²) >= 11 is 0. The van der Waals surface area contributed by atoms with E-state index in [0.29, 0.717) is 5.92 Å². The van der Waals surface area contributed by atoms with E-state index in [0.717, 1.165) is 19.5 Å². The van der Waals surface area contributed by atoms with Crippen LogP contribution in [0.15, 0.2) is 18.2 Å². The minimum Gasteiger partial charge on any atom is -0.326 e. The van der Waals surface area contributed by atoms with Gasteiger partial charge in [-0.3, -0.25) is 0 Å². The molecule has 0 amide bonds. The van der Waals surface area contributed by atoms with Crippen molar-refractivity contribution in [3.8, 4) is 0 Å². The minimum atomic E-state index is 0.264. The molecule has 0 radical (unpaired) electrons. The van der Waals surface area contributed by atoms with Gasteiger partial charge in [0.05, 0.1) is 0 Å². The van der Waals surface area contributed by atoms with Crippen LogP contribution in [0.5, 0.6) is 0 Å². The molecule has 2 unspecified atom stereocenters. The van der Waals surface area contributed by atoms with Gasteiger partial charge in [0.1, 0.15) is 0 Å². The average Bonchev–Trinajstić information content (AvgIpc) is 2.16. The lowest BCUT2D eigenvalue weighted by Crippen LogP contribution is -2.44. The summed E-state index contributed by atoms with van der Waals surface area (Å²) in [5, 5.41) is 3.34. The van der Waals surface area contributed by atoms with E-state index in [4.69, 9.17) is 5.73 Å². The first kappa shape index (κ1) is 10.7. The fraction of sp³-hybridized carbons (Fsp3) is 0.538. The van der Waals surface area contributed by atoms with Gasteiger partial charge in [-0.25, -0.2) is 0 Å². The highest BCUT2D eigenvalue weighted by atomic mass is 14.9. The van der Waals surface area contributed by atoms with Gasteiger partial charge in [-0.05, 0) is 32.4 Å². The Morgan fingerprint density at radius 3 is 2.47 bits per heavy atom. The third-order valence-corrected chi connectivity index (χ3v) is 3.20. The van der Waals surface area contributed by atoms with Crippen molar-refractivity contribution in [2.24, 2.45) is 5.73 Å². The quantitative estimate of drug-likeness (QED) is 0.731. The van der Waals surface area contributed by atoms with Gasteiger partial charge in [-0.2, -0.15) is 0 Å². The summed E-state index contributed by atoms with van der Waals surface area (Å²) in [5.41, 5.74) is 10.3. The van der Waals surface area contributed by atoms with E-state index >= 15 is 0 Å². The van der Waals surface area contributed by atoms with Gasteiger partial charge < -0.3 is 11.1 Å². The van der Waals surface area contributed by atoms with Crippen molar-refractivity contribution < 1.29 is 0 Å². The summed E-state index contributed by atoms with van der Waals surface area (Å²) in [6, 6.07) is 7.04. The number of benzene rings is 1. The molecule has 0 saturated carbocycles. The molecule has 0 spiro atoms. The fourth-order valence-electron chi connectivity index (χ4n) is 2.52. The van der Waals surface area contributed by atoms with E-state index in [-0.39, 0.29) is 6.04 Å². The highest BCUT2D eigenvalue weighted by Gasteiger charge is 2.23. The Balaban J connectivity index is 2.27. The third-order valence-electron chi connectivity index (χ3n) is 3.20. The molecule has 1 aromatic carbocycles. The van der Waals surface area contributed by atoms with Crippen LogP contribution in [0.4, 0.5) is 0 Å². The second kappa shape index (κ2) is 4.33. The lowest BCUT2D eigenvalue weighted by Gasteiger charge is -2.30. The maximum Gasteiger partial charge on any atom is 0.0235 e. The normalized spacial score (nSPS) is 26.6. The molecule has 2 nitrogen and oxygen atoms in total. The van der Waals surface area contributed by atoms with Crippen molar-refractivity contribution in [3.05, 3.63) is 34.9 Å². The summed E-state index contributed by atoms with van der Waals surface area (Å²) < 4.78 is 0. The second-order valence-electron chi connectivity index (χ2n) is 4.68. The summed E-state index contributed by atoms with van der Waals surface area (Å²) in [6.07, 6.45) is 1.16. The molecule has 2 atom stereocenters. The van der Waals surface area contributed by atoms with E-state index in [1.807, 2.05) is 0 Å². The highest BCUT2D eigenvalue weighted by molar-refractivity contribution is 5.32. The monoisotopic (exact) mass is 204 g/mol. The average molecular weight is 204 g/mol. The van der Waals surface area contributed by atoms with Crippen molar-refractivity contribution in [1.29, 1.82) is 0 Å². The van der Waals surface area contributed by atoms with Crippen LogP contribution in [0.3, 0.4) is 0 Å². The van der Waals surface area contributed by atoms with Crippen LogP contribution in [0.2, 0.25) is 0 Å². The SMILES string of the molecule is Cc1cc(C)cc(C2CCNCC2N)c1. The molecule has 1 aliphatic heterocycles. The topological polar surface area (TPSA) is 38.0 Å². The van der Waals surface area contributed by atoms with E-state index in [2.05, 4.69) is 37.4 Å². The van der Waals surface area contributed by atoms with E-state index in [1.54, 1.807) is 0 Å². The molecule has 2 heteroatoms. The number of nitrogens with two attached hydrogens (primary N) is 1. The first-order chi connectivity index (χ1) is 7.16. The van der Waals surface area contributed by atoms with Crippen molar-refractivity contribution in [3.63, 3.8) is 0 Å². The molecule has 1 heterocycles. The molecule has 1 aromatic rings. The standard InChI is InChI=1S/C13H20N2/c1-9-5-10(2)7-11(6-9)12-3-4-15-8-13(12)14/h5-7,12-13,15H,3-4,8,14H2,1-2H3. The zero-order valence-electron chi connectivity index (χ0n) is 9.59. The van der Waals surface area contributed by atoms with Crippen LogP contribution < -0.4 is 11.1 Å². The number of nitrogens with one attached hydrogen (secondary N) is 1. The van der Waals surface area contributed by atoms with Crippen LogP contribution in [-0.4, -0.2) is 19.1 Å². The van der Waals surface area contributed by atoms with Gasteiger partial charge in [0, 0.05) is 18.5 Å². The molecule has 2 rings (SSSR count). The van der Waals surface area contributed by atoms with Crippen LogP contribution in [0, 0.1) is 13.8 Å². The van der Waals surface area contributed by atoms with Gasteiger partial charge in [0.2, 0.25) is 0 Å². The third kappa shape index (κ3) is 2.39. The molecule has 3 N–H and O–H groups in total. The maximum absolute atomic E-state index is 6.15. The maximum atomic E-state index is 6.15. The molecule has 0 bridgehead atoms. The van der Waals surface area contributed by atoms with Crippen molar-refractivity contribution in [2.45, 2.75) is 32.2 Å². The Hall–Kier alpha value is -0.860. The molecule has 0 aromatic heterocycles. The second-order valence-corrected chi connectivity index (χ2v) is 4.68. The number of hydrogen-bond donors (Lipinski definition) is 2. The highest BCUT2D eigenvalue weighted by Crippen LogP contribution is 2.26. The molecular weight excluding hydrogens is 184 g/mol. The van der Waals surface area contributed by atoms with Crippen molar-refractivity contribution >= 4 is 0 Å². The lowest BCUT2D eigenvalue weighted by atomic mass is 9.85. The number of piperidine rings is 1. The van der Waals surface area contributed by atoms with Gasteiger partial charge in [0.15, 0.2) is 0 Å². The van der Waals surface area contributed by atoms with Gasteiger partial charge >= 0.3 is 0 Å². The zero-order valence-corrected chi connectivity index (χ0v) is 9.59. The first-order valence-electron chi connectivity index (χ1n) is 5.71. The molecule has 1 fully saturated rings. The van der Waals surface area contributed by atoms with Gasteiger partial charge in [0.25, 0.3) is 0 Å². The van der Waals surface area contributed by atoms with Gasteiger partial charge in [-0.1, -0.05) is 29.3 Å². The molecule has 82 valence electrons.